The average Bonchev–Trinajstić information content (AvgIpc) is 3.08. The first-order chi connectivity index (χ1) is 10.6. The highest BCUT2D eigenvalue weighted by molar-refractivity contribution is 7.99. The molecule has 1 heterocycles. The van der Waals surface area contributed by atoms with Gasteiger partial charge in [-0.3, -0.25) is 9.67 Å². The van der Waals surface area contributed by atoms with Gasteiger partial charge in [0, 0.05) is 37.1 Å². The molecular formula is C16H29N5S. The molecule has 5 nitrogen and oxygen atoms in total. The Bertz CT molecular complexity index is 497. The number of aromatic nitrogens is 2. The predicted molar refractivity (Wildman–Crippen MR) is 95.8 cm³/mol. The normalized spacial score (nSPS) is 22.1. The number of nitrogens with zero attached hydrogens (tertiary/aromatic N) is 3. The van der Waals surface area contributed by atoms with E-state index >= 15 is 0 Å². The summed E-state index contributed by atoms with van der Waals surface area (Å²) < 4.78 is 2.08. The van der Waals surface area contributed by atoms with E-state index < -0.39 is 0 Å². The van der Waals surface area contributed by atoms with Crippen LogP contribution in [0.4, 0.5) is 0 Å². The largest absolute Gasteiger partial charge is 0.356 e. The number of guanidine groups is 1. The molecule has 0 bridgehead atoms. The van der Waals surface area contributed by atoms with E-state index in [0.29, 0.717) is 6.04 Å². The molecule has 124 valence electrons. The molecule has 0 saturated heterocycles. The van der Waals surface area contributed by atoms with E-state index in [1.165, 1.54) is 25.0 Å². The van der Waals surface area contributed by atoms with Crippen molar-refractivity contribution in [1.29, 1.82) is 0 Å². The Hall–Kier alpha value is -1.17. The molecule has 1 aliphatic rings. The SMILES string of the molecule is CN=C(NCCCn1nc(C)cc1C)NC1CCC(SC)C1. The number of hydrogen-bond donors (Lipinski definition) is 2. The molecule has 1 saturated carbocycles. The lowest BCUT2D eigenvalue weighted by Gasteiger charge is -2.17. The van der Waals surface area contributed by atoms with Crippen LogP contribution in [0.3, 0.4) is 0 Å². The molecule has 2 atom stereocenters. The Labute approximate surface area is 138 Å². The summed E-state index contributed by atoms with van der Waals surface area (Å²) in [6, 6.07) is 2.69. The van der Waals surface area contributed by atoms with Gasteiger partial charge in [0.1, 0.15) is 0 Å². The van der Waals surface area contributed by atoms with Crippen molar-refractivity contribution >= 4 is 17.7 Å². The molecule has 6 heteroatoms. The number of rotatable bonds is 6. The van der Waals surface area contributed by atoms with E-state index in [-0.39, 0.29) is 0 Å². The molecule has 1 fully saturated rings. The molecule has 1 aromatic rings. The first kappa shape index (κ1) is 17.2. The zero-order valence-corrected chi connectivity index (χ0v) is 15.0. The number of aryl methyl sites for hydroxylation is 3. The van der Waals surface area contributed by atoms with Gasteiger partial charge in [0.25, 0.3) is 0 Å². The Morgan fingerprint density at radius 2 is 2.27 bits per heavy atom. The zero-order valence-electron chi connectivity index (χ0n) is 14.2. The summed E-state index contributed by atoms with van der Waals surface area (Å²) in [5, 5.41) is 12.3. The summed E-state index contributed by atoms with van der Waals surface area (Å²) in [5.74, 6) is 0.931. The third-order valence-electron chi connectivity index (χ3n) is 4.22. The summed E-state index contributed by atoms with van der Waals surface area (Å²) >= 11 is 1.98. The molecule has 0 aromatic carbocycles. The molecular weight excluding hydrogens is 294 g/mol. The second kappa shape index (κ2) is 8.46. The molecule has 0 aliphatic heterocycles. The van der Waals surface area contributed by atoms with E-state index in [4.69, 9.17) is 0 Å². The lowest BCUT2D eigenvalue weighted by molar-refractivity contribution is 0.550. The summed E-state index contributed by atoms with van der Waals surface area (Å²) in [6.45, 7) is 6.01. The highest BCUT2D eigenvalue weighted by Crippen LogP contribution is 2.27. The molecule has 22 heavy (non-hydrogen) atoms. The van der Waals surface area contributed by atoms with Gasteiger partial charge >= 0.3 is 0 Å². The van der Waals surface area contributed by atoms with Gasteiger partial charge < -0.3 is 10.6 Å². The minimum absolute atomic E-state index is 0.569. The monoisotopic (exact) mass is 323 g/mol. The van der Waals surface area contributed by atoms with Crippen LogP contribution in [-0.4, -0.2) is 46.9 Å². The Kier molecular flexibility index (Phi) is 6.61. The summed E-state index contributed by atoms with van der Waals surface area (Å²) in [5.41, 5.74) is 2.32. The highest BCUT2D eigenvalue weighted by Gasteiger charge is 2.24. The van der Waals surface area contributed by atoms with Crippen LogP contribution in [0.25, 0.3) is 0 Å². The van der Waals surface area contributed by atoms with Crippen LogP contribution in [0.5, 0.6) is 0 Å². The Morgan fingerprint density at radius 1 is 1.45 bits per heavy atom. The second-order valence-corrected chi connectivity index (χ2v) is 7.15. The third kappa shape index (κ3) is 4.93. The van der Waals surface area contributed by atoms with Crippen LogP contribution in [0.2, 0.25) is 0 Å². The summed E-state index contributed by atoms with van der Waals surface area (Å²) in [6.07, 6.45) is 7.05. The van der Waals surface area contributed by atoms with Crippen LogP contribution in [-0.2, 0) is 6.54 Å². The van der Waals surface area contributed by atoms with Gasteiger partial charge in [0.15, 0.2) is 5.96 Å². The molecule has 2 rings (SSSR count). The molecule has 0 spiro atoms. The van der Waals surface area contributed by atoms with Crippen molar-refractivity contribution in [2.45, 2.75) is 57.4 Å². The van der Waals surface area contributed by atoms with Gasteiger partial charge in [0.05, 0.1) is 5.69 Å². The van der Waals surface area contributed by atoms with Crippen molar-refractivity contribution in [3.8, 4) is 0 Å². The minimum atomic E-state index is 0.569. The Balaban J connectivity index is 1.67. The highest BCUT2D eigenvalue weighted by atomic mass is 32.2. The molecule has 1 aliphatic carbocycles. The lowest BCUT2D eigenvalue weighted by atomic mass is 10.2. The Morgan fingerprint density at radius 3 is 2.86 bits per heavy atom. The first-order valence-corrected chi connectivity index (χ1v) is 9.42. The van der Waals surface area contributed by atoms with E-state index in [1.54, 1.807) is 0 Å². The summed E-state index contributed by atoms with van der Waals surface area (Å²) in [7, 11) is 1.84. The minimum Gasteiger partial charge on any atom is -0.356 e. The van der Waals surface area contributed by atoms with Gasteiger partial charge in [-0.05, 0) is 51.9 Å². The topological polar surface area (TPSA) is 54.2 Å². The van der Waals surface area contributed by atoms with E-state index in [9.17, 15) is 0 Å². The van der Waals surface area contributed by atoms with Gasteiger partial charge in [0.2, 0.25) is 0 Å². The molecule has 2 N–H and O–H groups in total. The van der Waals surface area contributed by atoms with Crippen molar-refractivity contribution in [3.63, 3.8) is 0 Å². The predicted octanol–water partition coefficient (Wildman–Crippen LogP) is 2.34. The van der Waals surface area contributed by atoms with Crippen molar-refractivity contribution in [2.24, 2.45) is 4.99 Å². The van der Waals surface area contributed by atoms with Crippen LogP contribution < -0.4 is 10.6 Å². The van der Waals surface area contributed by atoms with Gasteiger partial charge in [-0.2, -0.15) is 16.9 Å². The first-order valence-electron chi connectivity index (χ1n) is 8.13. The van der Waals surface area contributed by atoms with Crippen molar-refractivity contribution in [1.82, 2.24) is 20.4 Å². The number of thioether (sulfide) groups is 1. The summed E-state index contributed by atoms with van der Waals surface area (Å²) in [4.78, 5) is 4.33. The molecule has 0 amide bonds. The zero-order chi connectivity index (χ0) is 15.9. The van der Waals surface area contributed by atoms with Crippen LogP contribution in [0, 0.1) is 13.8 Å². The average molecular weight is 324 g/mol. The van der Waals surface area contributed by atoms with E-state index in [0.717, 1.165) is 36.4 Å². The fourth-order valence-electron chi connectivity index (χ4n) is 3.01. The number of aliphatic imine (C=N–C) groups is 1. The molecule has 1 aromatic heterocycles. The maximum Gasteiger partial charge on any atom is 0.191 e. The van der Waals surface area contributed by atoms with Crippen LogP contribution in [0.15, 0.2) is 11.1 Å². The van der Waals surface area contributed by atoms with Crippen molar-refractivity contribution < 1.29 is 0 Å². The molecule has 2 unspecified atom stereocenters. The fraction of sp³-hybridized carbons (Fsp3) is 0.750. The maximum absolute atomic E-state index is 4.49. The smallest absolute Gasteiger partial charge is 0.191 e. The number of hydrogen-bond acceptors (Lipinski definition) is 3. The van der Waals surface area contributed by atoms with Crippen molar-refractivity contribution in [2.75, 3.05) is 19.8 Å². The quantitative estimate of drug-likeness (QED) is 0.479. The third-order valence-corrected chi connectivity index (χ3v) is 5.32. The fourth-order valence-corrected chi connectivity index (χ4v) is 3.81. The van der Waals surface area contributed by atoms with Gasteiger partial charge in [-0.15, -0.1) is 0 Å². The standard InChI is InChI=1S/C16H29N5S/c1-12-10-13(2)21(20-12)9-5-8-18-16(17-3)19-14-6-7-15(11-14)22-4/h10,14-15H,5-9,11H2,1-4H3,(H2,17,18,19). The van der Waals surface area contributed by atoms with Gasteiger partial charge in [-0.1, -0.05) is 0 Å². The maximum atomic E-state index is 4.49. The lowest BCUT2D eigenvalue weighted by Crippen LogP contribution is -2.43. The molecule has 0 radical (unpaired) electrons. The van der Waals surface area contributed by atoms with E-state index in [2.05, 4.69) is 44.7 Å². The van der Waals surface area contributed by atoms with E-state index in [1.807, 2.05) is 25.7 Å². The van der Waals surface area contributed by atoms with Crippen LogP contribution >= 0.6 is 11.8 Å². The van der Waals surface area contributed by atoms with Gasteiger partial charge in [-0.25, -0.2) is 0 Å². The second-order valence-electron chi connectivity index (χ2n) is 6.01. The van der Waals surface area contributed by atoms with Crippen molar-refractivity contribution in [3.05, 3.63) is 17.5 Å². The van der Waals surface area contributed by atoms with Crippen LogP contribution in [0.1, 0.15) is 37.1 Å². The number of nitrogens with one attached hydrogen (secondary N) is 2.